The average Bonchev–Trinajstić information content (AvgIpc) is 3.26. The van der Waals surface area contributed by atoms with Gasteiger partial charge in [-0.3, -0.25) is 4.55 Å². The van der Waals surface area contributed by atoms with Crippen LogP contribution in [0.1, 0.15) is 52.4 Å². The molecule has 5 aromatic carbocycles. The number of hydrogen-bond acceptors (Lipinski definition) is 5. The lowest BCUT2D eigenvalue weighted by atomic mass is 9.93. The summed E-state index contributed by atoms with van der Waals surface area (Å²) >= 11 is 0. The lowest BCUT2D eigenvalue weighted by Gasteiger charge is -2.28. The third-order valence-electron chi connectivity index (χ3n) is 11.1. The number of hydrazine groups is 1. The monoisotopic (exact) mass is 811 g/mol. The first-order valence-electron chi connectivity index (χ1n) is 20.5. The molecule has 0 amide bonds. The van der Waals surface area contributed by atoms with Crippen LogP contribution in [0.3, 0.4) is 0 Å². The Morgan fingerprint density at radius 1 is 0.655 bits per heavy atom. The summed E-state index contributed by atoms with van der Waals surface area (Å²) in [5.41, 5.74) is 3.23. The smallest absolute Gasteiger partial charge is 0.295 e. The normalized spacial score (nSPS) is 11.9. The molecule has 1 aliphatic carbocycles. The lowest BCUT2D eigenvalue weighted by Crippen LogP contribution is -2.34. The second kappa shape index (κ2) is 18.6. The summed E-state index contributed by atoms with van der Waals surface area (Å²) in [6.45, 7) is 6.90. The number of hydrogen-bond donors (Lipinski definition) is 2. The maximum absolute atomic E-state index is 12.7. The first-order valence-corrected chi connectivity index (χ1v) is 23.9. The topological polar surface area (TPSA) is 99.8 Å². The Balaban J connectivity index is 1.25. The fourth-order valence-corrected chi connectivity index (χ4v) is 13.3. The zero-order valence-electron chi connectivity index (χ0n) is 33.5. The second-order valence-electron chi connectivity index (χ2n) is 14.9. The van der Waals surface area contributed by atoms with Gasteiger partial charge in [0.05, 0.1) is 17.9 Å². The van der Waals surface area contributed by atoms with Crippen molar-refractivity contribution in [3.63, 3.8) is 0 Å². The van der Waals surface area contributed by atoms with E-state index in [1.165, 1.54) is 22.0 Å². The molecule has 0 saturated heterocycles. The third-order valence-corrected chi connectivity index (χ3v) is 16.6. The lowest BCUT2D eigenvalue weighted by molar-refractivity contribution is 0.483. The highest BCUT2D eigenvalue weighted by Gasteiger charge is 2.44. The molecule has 5 aromatic rings. The van der Waals surface area contributed by atoms with Gasteiger partial charge in [0.2, 0.25) is 5.36 Å². The molecular weight excluding hydrogens is 758 g/mol. The Bertz CT molecular complexity index is 2490. The van der Waals surface area contributed by atoms with Crippen molar-refractivity contribution in [3.8, 4) is 22.5 Å². The van der Waals surface area contributed by atoms with Gasteiger partial charge < -0.3 is 9.43 Å². The van der Waals surface area contributed by atoms with Crippen molar-refractivity contribution < 1.29 is 17.4 Å². The average molecular weight is 812 g/mol. The van der Waals surface area contributed by atoms with Crippen LogP contribution in [-0.2, 0) is 10.1 Å². The number of unbranched alkanes of at least 4 members (excludes halogenated alkanes) is 3. The SMILES string of the molecule is CCCC[N+](CCCC)=c1ccc2c(-c3ccccc3S(=O)(=O)O)c3ccc(N(N)CCCC[P+](c4ccccc4)(c4ccccc4)c4ccccc4)cc3oc-2c1. The summed E-state index contributed by atoms with van der Waals surface area (Å²) in [6, 6.07) is 51.5. The first kappa shape index (κ1) is 41.1. The molecule has 298 valence electrons. The van der Waals surface area contributed by atoms with Gasteiger partial charge in [0.1, 0.15) is 52.5 Å². The van der Waals surface area contributed by atoms with Crippen LogP contribution in [-0.4, -0.2) is 38.8 Å². The van der Waals surface area contributed by atoms with Gasteiger partial charge in [-0.25, -0.2) is 10.4 Å². The standard InChI is InChI=1S/C49H53N3O4PS/c1-3-5-32-51(33-6-4-2)38-28-30-43-46(36-38)56-47-37-39(29-31-44(47)49(43)45-26-16-17-27-48(45)58(53,54)55)52(50)34-18-19-35-57(40-20-10-7-11-21-40,41-22-12-8-13-23-41)42-24-14-9-15-25-42/h7-17,20-31,36-37H,3-6,18-19,32-35,50H2,1-2H3/q+1/p+1. The van der Waals surface area contributed by atoms with E-state index >= 15 is 0 Å². The van der Waals surface area contributed by atoms with Crippen LogP contribution in [0.15, 0.2) is 161 Å². The van der Waals surface area contributed by atoms with E-state index in [0.29, 0.717) is 29.0 Å². The van der Waals surface area contributed by atoms with E-state index in [2.05, 4.69) is 122 Å². The molecular formula is C49H54N3O4PS+2. The molecule has 0 bridgehead atoms. The number of benzene rings is 6. The molecule has 0 spiro atoms. The van der Waals surface area contributed by atoms with Crippen molar-refractivity contribution in [3.05, 3.63) is 157 Å². The summed E-state index contributed by atoms with van der Waals surface area (Å²) in [5.74, 6) is 7.48. The largest absolute Gasteiger partial charge is 0.456 e. The molecule has 7 rings (SSSR count). The fraction of sp³-hybridized carbons (Fsp3) is 0.245. The van der Waals surface area contributed by atoms with Gasteiger partial charge in [-0.2, -0.15) is 8.42 Å². The number of fused-ring (bicyclic) bond motifs is 2. The van der Waals surface area contributed by atoms with Crippen LogP contribution in [0, 0.1) is 0 Å². The predicted molar refractivity (Wildman–Crippen MR) is 244 cm³/mol. The Morgan fingerprint density at radius 3 is 1.79 bits per heavy atom. The highest BCUT2D eigenvalue weighted by Crippen LogP contribution is 2.56. The Hall–Kier alpha value is -5.11. The highest BCUT2D eigenvalue weighted by atomic mass is 32.2. The number of nitrogens with zero attached hydrogens (tertiary/aromatic N) is 2. The van der Waals surface area contributed by atoms with Crippen molar-refractivity contribution in [2.45, 2.75) is 57.3 Å². The van der Waals surface area contributed by atoms with E-state index in [0.717, 1.165) is 79.8 Å². The van der Waals surface area contributed by atoms with Gasteiger partial charge in [-0.15, -0.1) is 0 Å². The van der Waals surface area contributed by atoms with E-state index in [9.17, 15) is 13.0 Å². The third kappa shape index (κ3) is 8.81. The molecule has 1 heterocycles. The van der Waals surface area contributed by atoms with E-state index in [1.807, 2.05) is 24.3 Å². The summed E-state index contributed by atoms with van der Waals surface area (Å²) in [7, 11) is -6.48. The molecule has 0 atom stereocenters. The Kier molecular flexibility index (Phi) is 13.2. The molecule has 7 nitrogen and oxygen atoms in total. The predicted octanol–water partition coefficient (Wildman–Crippen LogP) is 9.28. The quantitative estimate of drug-likeness (QED) is 0.0181. The van der Waals surface area contributed by atoms with Crippen LogP contribution < -0.4 is 36.7 Å². The van der Waals surface area contributed by atoms with Crippen LogP contribution in [0.5, 0.6) is 0 Å². The zero-order valence-corrected chi connectivity index (χ0v) is 35.2. The van der Waals surface area contributed by atoms with Gasteiger partial charge in [0, 0.05) is 53.6 Å². The maximum Gasteiger partial charge on any atom is 0.295 e. The molecule has 0 fully saturated rings. The Morgan fingerprint density at radius 2 is 1.22 bits per heavy atom. The van der Waals surface area contributed by atoms with Crippen molar-refractivity contribution in [1.82, 2.24) is 4.58 Å². The fourth-order valence-electron chi connectivity index (χ4n) is 8.14. The Labute approximate surface area is 343 Å². The maximum atomic E-state index is 12.7. The van der Waals surface area contributed by atoms with E-state index in [-0.39, 0.29) is 4.90 Å². The summed E-state index contributed by atoms with van der Waals surface area (Å²) in [6.07, 6.45) is 7.18. The summed E-state index contributed by atoms with van der Waals surface area (Å²) in [5, 5.41) is 7.68. The minimum absolute atomic E-state index is 0.148. The minimum Gasteiger partial charge on any atom is -0.456 e. The zero-order chi connectivity index (χ0) is 40.5. The van der Waals surface area contributed by atoms with Gasteiger partial charge >= 0.3 is 0 Å². The summed E-state index contributed by atoms with van der Waals surface area (Å²) in [4.78, 5) is -0.148. The molecule has 0 aromatic heterocycles. The molecule has 0 radical (unpaired) electrons. The van der Waals surface area contributed by atoms with Gasteiger partial charge in [0.25, 0.3) is 10.1 Å². The molecule has 3 N–H and O–H groups in total. The van der Waals surface area contributed by atoms with E-state index < -0.39 is 17.4 Å². The van der Waals surface area contributed by atoms with Gasteiger partial charge in [-0.1, -0.05) is 99.5 Å². The van der Waals surface area contributed by atoms with Crippen molar-refractivity contribution >= 4 is 50.0 Å². The number of rotatable bonds is 17. The molecule has 2 aliphatic rings. The van der Waals surface area contributed by atoms with Crippen LogP contribution >= 0.6 is 7.26 Å². The summed E-state index contributed by atoms with van der Waals surface area (Å²) < 4.78 is 44.9. The minimum atomic E-state index is -4.52. The van der Waals surface area contributed by atoms with E-state index in [4.69, 9.17) is 10.3 Å². The molecule has 58 heavy (non-hydrogen) atoms. The van der Waals surface area contributed by atoms with Gasteiger partial charge in [0.15, 0.2) is 0 Å². The van der Waals surface area contributed by atoms with Crippen LogP contribution in [0.25, 0.3) is 33.4 Å². The van der Waals surface area contributed by atoms with Crippen molar-refractivity contribution in [2.75, 3.05) is 30.8 Å². The van der Waals surface area contributed by atoms with Crippen LogP contribution in [0.4, 0.5) is 5.69 Å². The first-order chi connectivity index (χ1) is 28.2. The van der Waals surface area contributed by atoms with Crippen LogP contribution in [0.2, 0.25) is 0 Å². The molecule has 0 saturated carbocycles. The van der Waals surface area contributed by atoms with Gasteiger partial charge in [-0.05, 0) is 73.5 Å². The number of nitrogens with two attached hydrogens (primary N) is 1. The highest BCUT2D eigenvalue weighted by molar-refractivity contribution is 7.95. The van der Waals surface area contributed by atoms with Crippen molar-refractivity contribution in [2.24, 2.45) is 5.84 Å². The molecule has 9 heteroatoms. The van der Waals surface area contributed by atoms with Crippen molar-refractivity contribution in [1.29, 1.82) is 0 Å². The second-order valence-corrected chi connectivity index (χ2v) is 19.9. The molecule has 1 aliphatic heterocycles. The van der Waals surface area contributed by atoms with E-state index in [1.54, 1.807) is 23.2 Å². The number of anilines is 1. The molecule has 0 unspecified atom stereocenters.